The van der Waals surface area contributed by atoms with Gasteiger partial charge in [-0.2, -0.15) is 0 Å². The van der Waals surface area contributed by atoms with Crippen LogP contribution in [0.15, 0.2) is 29.2 Å². The molecule has 1 heterocycles. The van der Waals surface area contributed by atoms with E-state index < -0.39 is 10.0 Å². The Labute approximate surface area is 114 Å². The van der Waals surface area contributed by atoms with Gasteiger partial charge in [-0.3, -0.25) is 0 Å². The molecule has 0 saturated carbocycles. The first kappa shape index (κ1) is 14.3. The molecule has 6 heteroatoms. The van der Waals surface area contributed by atoms with Gasteiger partial charge in [0, 0.05) is 18.3 Å². The van der Waals surface area contributed by atoms with E-state index >= 15 is 0 Å². The molecular weight excluding hydrogens is 264 g/mol. The van der Waals surface area contributed by atoms with Gasteiger partial charge < -0.3 is 10.1 Å². The summed E-state index contributed by atoms with van der Waals surface area (Å²) in [5, 5.41) is 3.38. The Hall–Kier alpha value is -1.11. The second-order valence-electron chi connectivity index (χ2n) is 4.78. The Morgan fingerprint density at radius 3 is 2.84 bits per heavy atom. The molecule has 106 valence electrons. The lowest BCUT2D eigenvalue weighted by atomic mass is 10.0. The SMILES string of the molecule is CNS(=O)(=O)c1cccc(NC2CCOC(C)C2)c1. The highest BCUT2D eigenvalue weighted by Crippen LogP contribution is 2.20. The zero-order valence-corrected chi connectivity index (χ0v) is 12.0. The third-order valence-corrected chi connectivity index (χ3v) is 4.68. The van der Waals surface area contributed by atoms with Crippen molar-refractivity contribution in [1.82, 2.24) is 4.72 Å². The molecule has 19 heavy (non-hydrogen) atoms. The molecule has 1 aliphatic heterocycles. The quantitative estimate of drug-likeness (QED) is 0.881. The highest BCUT2D eigenvalue weighted by molar-refractivity contribution is 7.89. The monoisotopic (exact) mass is 284 g/mol. The van der Waals surface area contributed by atoms with Gasteiger partial charge in [0.2, 0.25) is 10.0 Å². The average molecular weight is 284 g/mol. The standard InChI is InChI=1S/C13H20N2O3S/c1-10-8-12(6-7-18-10)15-11-4-3-5-13(9-11)19(16,17)14-2/h3-5,9-10,12,14-15H,6-8H2,1-2H3. The minimum atomic E-state index is -3.39. The highest BCUT2D eigenvalue weighted by atomic mass is 32.2. The summed E-state index contributed by atoms with van der Waals surface area (Å²) in [6, 6.07) is 7.20. The molecule has 1 fully saturated rings. The summed E-state index contributed by atoms with van der Waals surface area (Å²) in [7, 11) is -1.97. The van der Waals surface area contributed by atoms with Gasteiger partial charge in [0.25, 0.3) is 0 Å². The normalized spacial score (nSPS) is 24.1. The van der Waals surface area contributed by atoms with Crippen molar-refractivity contribution in [2.24, 2.45) is 0 Å². The van der Waals surface area contributed by atoms with Crippen LogP contribution < -0.4 is 10.0 Å². The summed E-state index contributed by atoms with van der Waals surface area (Å²) in [6.07, 6.45) is 2.12. The van der Waals surface area contributed by atoms with Crippen LogP contribution in [0.2, 0.25) is 0 Å². The Bertz CT molecular complexity index is 530. The van der Waals surface area contributed by atoms with Crippen molar-refractivity contribution in [2.75, 3.05) is 19.0 Å². The fourth-order valence-corrected chi connectivity index (χ4v) is 3.01. The molecule has 1 aromatic carbocycles. The molecule has 2 atom stereocenters. The Kier molecular flexibility index (Phi) is 4.44. The minimum Gasteiger partial charge on any atom is -0.382 e. The first-order chi connectivity index (χ1) is 9.01. The fourth-order valence-electron chi connectivity index (χ4n) is 2.24. The zero-order chi connectivity index (χ0) is 13.9. The summed E-state index contributed by atoms with van der Waals surface area (Å²) in [6.45, 7) is 2.79. The fraction of sp³-hybridized carbons (Fsp3) is 0.538. The summed E-state index contributed by atoms with van der Waals surface area (Å²) in [5.41, 5.74) is 0.829. The highest BCUT2D eigenvalue weighted by Gasteiger charge is 2.19. The van der Waals surface area contributed by atoms with Gasteiger partial charge in [0.05, 0.1) is 11.0 Å². The summed E-state index contributed by atoms with van der Waals surface area (Å²) >= 11 is 0. The van der Waals surface area contributed by atoms with Crippen molar-refractivity contribution in [3.8, 4) is 0 Å². The van der Waals surface area contributed by atoms with Crippen LogP contribution in [0.5, 0.6) is 0 Å². The van der Waals surface area contributed by atoms with Crippen LogP contribution >= 0.6 is 0 Å². The van der Waals surface area contributed by atoms with Crippen LogP contribution in [-0.4, -0.2) is 34.2 Å². The van der Waals surface area contributed by atoms with Gasteiger partial charge in [-0.25, -0.2) is 13.1 Å². The average Bonchev–Trinajstić information content (AvgIpc) is 2.39. The number of hydrogen-bond donors (Lipinski definition) is 2. The summed E-state index contributed by atoms with van der Waals surface area (Å²) in [5.74, 6) is 0. The maximum atomic E-state index is 11.7. The van der Waals surface area contributed by atoms with Crippen molar-refractivity contribution in [3.63, 3.8) is 0 Å². The number of ether oxygens (including phenoxy) is 1. The van der Waals surface area contributed by atoms with Crippen LogP contribution in [-0.2, 0) is 14.8 Å². The molecule has 1 aromatic rings. The van der Waals surface area contributed by atoms with Crippen LogP contribution in [0.4, 0.5) is 5.69 Å². The molecule has 0 bridgehead atoms. The second kappa shape index (κ2) is 5.90. The van der Waals surface area contributed by atoms with Crippen LogP contribution in [0, 0.1) is 0 Å². The Balaban J connectivity index is 2.11. The lowest BCUT2D eigenvalue weighted by molar-refractivity contribution is 0.0232. The number of nitrogens with one attached hydrogen (secondary N) is 2. The van der Waals surface area contributed by atoms with Gasteiger partial charge in [-0.1, -0.05) is 6.07 Å². The first-order valence-corrected chi connectivity index (χ1v) is 7.91. The first-order valence-electron chi connectivity index (χ1n) is 6.43. The molecule has 1 saturated heterocycles. The molecule has 0 spiro atoms. The van der Waals surface area contributed by atoms with Gasteiger partial charge >= 0.3 is 0 Å². The predicted molar refractivity (Wildman–Crippen MR) is 74.7 cm³/mol. The van der Waals surface area contributed by atoms with Crippen molar-refractivity contribution < 1.29 is 13.2 Å². The number of rotatable bonds is 4. The molecule has 5 nitrogen and oxygen atoms in total. The topological polar surface area (TPSA) is 67.4 Å². The lowest BCUT2D eigenvalue weighted by Crippen LogP contribution is -2.32. The number of benzene rings is 1. The maximum absolute atomic E-state index is 11.7. The van der Waals surface area contributed by atoms with E-state index in [4.69, 9.17) is 4.74 Å². The van der Waals surface area contributed by atoms with Crippen molar-refractivity contribution in [2.45, 2.75) is 36.8 Å². The van der Waals surface area contributed by atoms with Crippen molar-refractivity contribution in [3.05, 3.63) is 24.3 Å². The van der Waals surface area contributed by atoms with Gasteiger partial charge in [-0.05, 0) is 45.0 Å². The molecule has 2 unspecified atom stereocenters. The molecule has 0 aromatic heterocycles. The zero-order valence-electron chi connectivity index (χ0n) is 11.2. The largest absolute Gasteiger partial charge is 0.382 e. The Morgan fingerprint density at radius 2 is 2.16 bits per heavy atom. The minimum absolute atomic E-state index is 0.246. The summed E-state index contributed by atoms with van der Waals surface area (Å²) < 4.78 is 31.3. The van der Waals surface area contributed by atoms with Crippen LogP contribution in [0.3, 0.4) is 0 Å². The van der Waals surface area contributed by atoms with E-state index in [2.05, 4.69) is 17.0 Å². The Morgan fingerprint density at radius 1 is 1.37 bits per heavy atom. The van der Waals surface area contributed by atoms with E-state index in [-0.39, 0.29) is 11.0 Å². The third kappa shape index (κ3) is 3.68. The lowest BCUT2D eigenvalue weighted by Gasteiger charge is -2.28. The van der Waals surface area contributed by atoms with E-state index in [1.807, 2.05) is 6.07 Å². The van der Waals surface area contributed by atoms with Gasteiger partial charge in [0.1, 0.15) is 0 Å². The molecule has 2 N–H and O–H groups in total. The van der Waals surface area contributed by atoms with E-state index in [9.17, 15) is 8.42 Å². The van der Waals surface area contributed by atoms with E-state index in [0.29, 0.717) is 6.04 Å². The van der Waals surface area contributed by atoms with Crippen LogP contribution in [0.1, 0.15) is 19.8 Å². The predicted octanol–water partition coefficient (Wildman–Crippen LogP) is 1.57. The smallest absolute Gasteiger partial charge is 0.240 e. The molecule has 0 radical (unpaired) electrons. The van der Waals surface area contributed by atoms with E-state index in [0.717, 1.165) is 25.1 Å². The molecule has 0 aliphatic carbocycles. The van der Waals surface area contributed by atoms with E-state index in [1.54, 1.807) is 18.2 Å². The van der Waals surface area contributed by atoms with Gasteiger partial charge in [0.15, 0.2) is 0 Å². The maximum Gasteiger partial charge on any atom is 0.240 e. The third-order valence-electron chi connectivity index (χ3n) is 3.27. The molecule has 1 aliphatic rings. The van der Waals surface area contributed by atoms with Crippen LogP contribution in [0.25, 0.3) is 0 Å². The number of sulfonamides is 1. The molecule has 2 rings (SSSR count). The number of hydrogen-bond acceptors (Lipinski definition) is 4. The molecular formula is C13H20N2O3S. The second-order valence-corrected chi connectivity index (χ2v) is 6.67. The molecule has 0 amide bonds. The number of anilines is 1. The van der Waals surface area contributed by atoms with Crippen molar-refractivity contribution in [1.29, 1.82) is 0 Å². The van der Waals surface area contributed by atoms with Gasteiger partial charge in [-0.15, -0.1) is 0 Å². The summed E-state index contributed by atoms with van der Waals surface area (Å²) in [4.78, 5) is 0.278. The van der Waals surface area contributed by atoms with E-state index in [1.165, 1.54) is 7.05 Å². The van der Waals surface area contributed by atoms with Crippen molar-refractivity contribution >= 4 is 15.7 Å².